The highest BCUT2D eigenvalue weighted by atomic mass is 35.5. The highest BCUT2D eigenvalue weighted by Gasteiger charge is 2.32. The Morgan fingerprint density at radius 1 is 1.24 bits per heavy atom. The molecule has 1 aromatic carbocycles. The maximum Gasteiger partial charge on any atom is 0.257 e. The van der Waals surface area contributed by atoms with Crippen LogP contribution < -0.4 is 15.2 Å². The lowest BCUT2D eigenvalue weighted by molar-refractivity contribution is 0.0755. The molecule has 2 aliphatic heterocycles. The SMILES string of the molecule is COc1ccc(S(N)(=O)=O)cc1C(=O)N1CC[C@@H]2CNC[C@@H]2CC1.Cl. The minimum absolute atomic E-state index is 0. The van der Waals surface area contributed by atoms with Crippen molar-refractivity contribution in [2.75, 3.05) is 33.3 Å². The highest BCUT2D eigenvalue weighted by Crippen LogP contribution is 2.29. The van der Waals surface area contributed by atoms with Crippen LogP contribution >= 0.6 is 12.4 Å². The number of nitrogens with zero attached hydrogens (tertiary/aromatic N) is 1. The summed E-state index contributed by atoms with van der Waals surface area (Å²) in [6.45, 7) is 3.36. The third kappa shape index (κ3) is 4.25. The number of carbonyl (C=O) groups is 1. The molecule has 0 unspecified atom stereocenters. The summed E-state index contributed by atoms with van der Waals surface area (Å²) >= 11 is 0. The molecular weight excluding hydrogens is 366 g/mol. The molecule has 2 fully saturated rings. The molecule has 0 saturated carbocycles. The number of likely N-dealkylation sites (tertiary alicyclic amines) is 1. The molecule has 140 valence electrons. The van der Waals surface area contributed by atoms with Gasteiger partial charge in [0.25, 0.3) is 5.91 Å². The first-order valence-electron chi connectivity index (χ1n) is 8.11. The Morgan fingerprint density at radius 3 is 2.36 bits per heavy atom. The van der Waals surface area contributed by atoms with Gasteiger partial charge in [0, 0.05) is 13.1 Å². The van der Waals surface area contributed by atoms with Gasteiger partial charge in [-0.1, -0.05) is 0 Å². The van der Waals surface area contributed by atoms with Crippen molar-refractivity contribution < 1.29 is 17.9 Å². The number of rotatable bonds is 3. The summed E-state index contributed by atoms with van der Waals surface area (Å²) in [7, 11) is -2.41. The van der Waals surface area contributed by atoms with E-state index in [0.29, 0.717) is 30.7 Å². The smallest absolute Gasteiger partial charge is 0.257 e. The lowest BCUT2D eigenvalue weighted by Crippen LogP contribution is -2.33. The first-order chi connectivity index (χ1) is 11.4. The van der Waals surface area contributed by atoms with Crippen molar-refractivity contribution in [1.82, 2.24) is 10.2 Å². The van der Waals surface area contributed by atoms with Crippen molar-refractivity contribution >= 4 is 28.3 Å². The van der Waals surface area contributed by atoms with Crippen LogP contribution in [0, 0.1) is 11.8 Å². The molecular formula is C16H24ClN3O4S. The van der Waals surface area contributed by atoms with Crippen LogP contribution in [0.1, 0.15) is 23.2 Å². The lowest BCUT2D eigenvalue weighted by Gasteiger charge is -2.22. The summed E-state index contributed by atoms with van der Waals surface area (Å²) in [4.78, 5) is 14.6. The lowest BCUT2D eigenvalue weighted by atomic mass is 9.92. The van der Waals surface area contributed by atoms with Gasteiger partial charge in [-0.3, -0.25) is 4.79 Å². The standard InChI is InChI=1S/C16H23N3O4S.ClH/c1-23-15-3-2-13(24(17,21)22)8-14(15)16(20)19-6-4-11-9-18-10-12(11)5-7-19;/h2-3,8,11-12,18H,4-7,9-10H2,1H3,(H2,17,21,22);1H/t11-,12+;. The van der Waals surface area contributed by atoms with Crippen molar-refractivity contribution in [1.29, 1.82) is 0 Å². The van der Waals surface area contributed by atoms with Crippen molar-refractivity contribution in [3.8, 4) is 5.75 Å². The van der Waals surface area contributed by atoms with Gasteiger partial charge in [-0.15, -0.1) is 12.4 Å². The van der Waals surface area contributed by atoms with Crippen LogP contribution in [-0.2, 0) is 10.0 Å². The summed E-state index contributed by atoms with van der Waals surface area (Å²) in [6.07, 6.45) is 1.92. The normalized spacial score (nSPS) is 23.4. The molecule has 1 aromatic rings. The zero-order valence-electron chi connectivity index (χ0n) is 14.1. The van der Waals surface area contributed by atoms with E-state index in [1.54, 1.807) is 4.90 Å². The summed E-state index contributed by atoms with van der Waals surface area (Å²) in [5, 5.41) is 8.59. The number of benzene rings is 1. The number of amides is 1. The molecule has 0 radical (unpaired) electrons. The fourth-order valence-electron chi connectivity index (χ4n) is 3.62. The van der Waals surface area contributed by atoms with Gasteiger partial charge in [0.05, 0.1) is 17.6 Å². The van der Waals surface area contributed by atoms with Crippen molar-refractivity contribution in [2.24, 2.45) is 17.0 Å². The Kier molecular flexibility index (Phi) is 6.31. The number of nitrogens with one attached hydrogen (secondary N) is 1. The molecule has 2 atom stereocenters. The molecule has 0 aromatic heterocycles. The maximum absolute atomic E-state index is 12.9. The Labute approximate surface area is 154 Å². The van der Waals surface area contributed by atoms with E-state index < -0.39 is 10.0 Å². The van der Waals surface area contributed by atoms with Crippen LogP contribution in [0.3, 0.4) is 0 Å². The number of primary sulfonamides is 1. The van der Waals surface area contributed by atoms with Gasteiger partial charge >= 0.3 is 0 Å². The van der Waals surface area contributed by atoms with Crippen LogP contribution in [0.25, 0.3) is 0 Å². The Bertz CT molecular complexity index is 727. The average Bonchev–Trinajstić information content (AvgIpc) is 2.91. The number of methoxy groups -OCH3 is 1. The summed E-state index contributed by atoms with van der Waals surface area (Å²) in [5.74, 6) is 1.38. The summed E-state index contributed by atoms with van der Waals surface area (Å²) in [6, 6.07) is 4.14. The first-order valence-corrected chi connectivity index (χ1v) is 9.65. The number of sulfonamides is 1. The Balaban J connectivity index is 0.00000225. The predicted molar refractivity (Wildman–Crippen MR) is 96.6 cm³/mol. The molecule has 2 aliphatic rings. The van der Waals surface area contributed by atoms with Crippen molar-refractivity contribution in [2.45, 2.75) is 17.7 Å². The van der Waals surface area contributed by atoms with E-state index in [1.807, 2.05) is 0 Å². The van der Waals surface area contributed by atoms with Crippen LogP contribution in [0.4, 0.5) is 0 Å². The quantitative estimate of drug-likeness (QED) is 0.797. The molecule has 0 bridgehead atoms. The third-order valence-corrected chi connectivity index (χ3v) is 5.95. The van der Waals surface area contributed by atoms with Crippen molar-refractivity contribution in [3.63, 3.8) is 0 Å². The number of hydrogen-bond donors (Lipinski definition) is 2. The molecule has 1 amide bonds. The monoisotopic (exact) mass is 389 g/mol. The highest BCUT2D eigenvalue weighted by molar-refractivity contribution is 7.89. The first kappa shape index (κ1) is 20.0. The molecule has 2 heterocycles. The van der Waals surface area contributed by atoms with Gasteiger partial charge in [0.2, 0.25) is 10.0 Å². The second-order valence-electron chi connectivity index (χ2n) is 6.46. The van der Waals surface area contributed by atoms with E-state index in [-0.39, 0.29) is 28.8 Å². The van der Waals surface area contributed by atoms with E-state index in [1.165, 1.54) is 25.3 Å². The summed E-state index contributed by atoms with van der Waals surface area (Å²) in [5.41, 5.74) is 0.245. The van der Waals surface area contributed by atoms with Gasteiger partial charge in [-0.25, -0.2) is 13.6 Å². The van der Waals surface area contributed by atoms with Gasteiger partial charge in [0.15, 0.2) is 0 Å². The van der Waals surface area contributed by atoms with E-state index in [9.17, 15) is 13.2 Å². The minimum atomic E-state index is -3.87. The van der Waals surface area contributed by atoms with Gasteiger partial charge in [-0.2, -0.15) is 0 Å². The van der Waals surface area contributed by atoms with Crippen molar-refractivity contribution in [3.05, 3.63) is 23.8 Å². The van der Waals surface area contributed by atoms with Crippen LogP contribution in [0.5, 0.6) is 5.75 Å². The maximum atomic E-state index is 12.9. The number of nitrogens with two attached hydrogens (primary N) is 1. The van der Waals surface area contributed by atoms with Gasteiger partial charge in [0.1, 0.15) is 5.75 Å². The zero-order chi connectivity index (χ0) is 17.3. The largest absolute Gasteiger partial charge is 0.496 e. The van der Waals surface area contributed by atoms with Gasteiger partial charge < -0.3 is 15.0 Å². The molecule has 0 spiro atoms. The van der Waals surface area contributed by atoms with E-state index in [0.717, 1.165) is 25.9 Å². The minimum Gasteiger partial charge on any atom is -0.496 e. The number of hydrogen-bond acceptors (Lipinski definition) is 5. The fourth-order valence-corrected chi connectivity index (χ4v) is 4.16. The topological polar surface area (TPSA) is 102 Å². The molecule has 7 nitrogen and oxygen atoms in total. The fraction of sp³-hybridized carbons (Fsp3) is 0.562. The van der Waals surface area contributed by atoms with E-state index in [2.05, 4.69) is 5.32 Å². The predicted octanol–water partition coefficient (Wildman–Crippen LogP) is 0.836. The second kappa shape index (κ2) is 7.90. The van der Waals surface area contributed by atoms with E-state index in [4.69, 9.17) is 9.88 Å². The Hall–Kier alpha value is -1.35. The molecule has 9 heteroatoms. The van der Waals surface area contributed by atoms with Crippen LogP contribution in [0.2, 0.25) is 0 Å². The molecule has 25 heavy (non-hydrogen) atoms. The van der Waals surface area contributed by atoms with Gasteiger partial charge in [-0.05, 0) is 56.0 Å². The number of ether oxygens (including phenoxy) is 1. The number of carbonyl (C=O) groups excluding carboxylic acids is 1. The van der Waals surface area contributed by atoms with Crippen LogP contribution in [-0.4, -0.2) is 52.5 Å². The zero-order valence-corrected chi connectivity index (χ0v) is 15.7. The average molecular weight is 390 g/mol. The molecule has 0 aliphatic carbocycles. The molecule has 3 rings (SSSR count). The second-order valence-corrected chi connectivity index (χ2v) is 8.02. The molecule has 3 N–H and O–H groups in total. The van der Waals surface area contributed by atoms with E-state index >= 15 is 0 Å². The number of fused-ring (bicyclic) bond motifs is 1. The number of halogens is 1. The summed E-state index contributed by atoms with van der Waals surface area (Å²) < 4.78 is 28.4. The Morgan fingerprint density at radius 2 is 1.84 bits per heavy atom. The van der Waals surface area contributed by atoms with Crippen LogP contribution in [0.15, 0.2) is 23.1 Å². The third-order valence-electron chi connectivity index (χ3n) is 5.04. The molecule has 2 saturated heterocycles.